The van der Waals surface area contributed by atoms with Crippen LogP contribution < -0.4 is 10.6 Å². The third-order valence-electron chi connectivity index (χ3n) is 2.73. The standard InChI is InChI=1S/C15H19N3OS/c1-10(2)8-16-15-13(17-9-20-15)14(19)18-12-6-4-5-11(3)7-12/h4-7,9-10,16H,8H2,1-3H3,(H,18,19). The first kappa shape index (κ1) is 14.5. The number of hydrogen-bond acceptors (Lipinski definition) is 4. The minimum Gasteiger partial charge on any atom is -0.375 e. The van der Waals surface area contributed by atoms with Crippen molar-refractivity contribution in [3.8, 4) is 0 Å². The summed E-state index contributed by atoms with van der Waals surface area (Å²) in [4.78, 5) is 16.4. The summed E-state index contributed by atoms with van der Waals surface area (Å²) >= 11 is 1.45. The molecule has 4 nitrogen and oxygen atoms in total. The second-order valence-electron chi connectivity index (χ2n) is 5.13. The molecule has 1 heterocycles. The Morgan fingerprint density at radius 1 is 1.40 bits per heavy atom. The van der Waals surface area contributed by atoms with Crippen molar-refractivity contribution in [2.75, 3.05) is 17.2 Å². The van der Waals surface area contributed by atoms with Gasteiger partial charge in [-0.1, -0.05) is 26.0 Å². The molecule has 0 fully saturated rings. The lowest BCUT2D eigenvalue weighted by molar-refractivity contribution is 0.102. The summed E-state index contributed by atoms with van der Waals surface area (Å²) in [6.45, 7) is 7.07. The van der Waals surface area contributed by atoms with E-state index < -0.39 is 0 Å². The first-order valence-electron chi connectivity index (χ1n) is 6.61. The van der Waals surface area contributed by atoms with Crippen LogP contribution in [0.1, 0.15) is 29.9 Å². The summed E-state index contributed by atoms with van der Waals surface area (Å²) in [7, 11) is 0. The summed E-state index contributed by atoms with van der Waals surface area (Å²) in [5.74, 6) is 0.341. The molecular formula is C15H19N3OS. The fourth-order valence-corrected chi connectivity index (χ4v) is 2.43. The fraction of sp³-hybridized carbons (Fsp3) is 0.333. The van der Waals surface area contributed by atoms with Gasteiger partial charge in [0.2, 0.25) is 0 Å². The molecule has 5 heteroatoms. The Kier molecular flexibility index (Phi) is 4.74. The predicted octanol–water partition coefficient (Wildman–Crippen LogP) is 3.77. The van der Waals surface area contributed by atoms with E-state index >= 15 is 0 Å². The summed E-state index contributed by atoms with van der Waals surface area (Å²) in [6.07, 6.45) is 0. The SMILES string of the molecule is Cc1cccc(NC(=O)c2ncsc2NCC(C)C)c1. The average molecular weight is 289 g/mol. The highest BCUT2D eigenvalue weighted by molar-refractivity contribution is 7.14. The molecule has 0 aliphatic heterocycles. The number of carbonyl (C=O) groups is 1. The highest BCUT2D eigenvalue weighted by atomic mass is 32.1. The van der Waals surface area contributed by atoms with Crippen molar-refractivity contribution in [3.63, 3.8) is 0 Å². The summed E-state index contributed by atoms with van der Waals surface area (Å²) in [5, 5.41) is 6.97. The van der Waals surface area contributed by atoms with E-state index in [1.54, 1.807) is 5.51 Å². The van der Waals surface area contributed by atoms with Crippen LogP contribution in [-0.4, -0.2) is 17.4 Å². The van der Waals surface area contributed by atoms with Crippen LogP contribution in [0.3, 0.4) is 0 Å². The van der Waals surface area contributed by atoms with Gasteiger partial charge < -0.3 is 10.6 Å². The molecule has 0 radical (unpaired) electrons. The molecule has 0 atom stereocenters. The summed E-state index contributed by atoms with van der Waals surface area (Å²) < 4.78 is 0. The number of aromatic nitrogens is 1. The zero-order valence-corrected chi connectivity index (χ0v) is 12.8. The smallest absolute Gasteiger partial charge is 0.277 e. The molecule has 1 amide bonds. The molecule has 0 unspecified atom stereocenters. The molecule has 0 spiro atoms. The number of aryl methyl sites for hydroxylation is 1. The molecule has 20 heavy (non-hydrogen) atoms. The number of anilines is 2. The van der Waals surface area contributed by atoms with Gasteiger partial charge in [0.25, 0.3) is 5.91 Å². The molecule has 1 aromatic carbocycles. The van der Waals surface area contributed by atoms with Crippen LogP contribution in [0, 0.1) is 12.8 Å². The molecule has 2 rings (SSSR count). The van der Waals surface area contributed by atoms with Crippen molar-refractivity contribution in [1.82, 2.24) is 4.98 Å². The third kappa shape index (κ3) is 3.81. The lowest BCUT2D eigenvalue weighted by atomic mass is 10.2. The Bertz CT molecular complexity index is 592. The summed E-state index contributed by atoms with van der Waals surface area (Å²) in [6, 6.07) is 7.72. The highest BCUT2D eigenvalue weighted by Gasteiger charge is 2.15. The first-order valence-corrected chi connectivity index (χ1v) is 7.49. The van der Waals surface area contributed by atoms with Crippen LogP contribution in [0.25, 0.3) is 0 Å². The number of hydrogen-bond donors (Lipinski definition) is 2. The van der Waals surface area contributed by atoms with Crippen molar-refractivity contribution in [1.29, 1.82) is 0 Å². The number of rotatable bonds is 5. The fourth-order valence-electron chi connectivity index (χ4n) is 1.74. The van der Waals surface area contributed by atoms with E-state index in [0.29, 0.717) is 11.6 Å². The van der Waals surface area contributed by atoms with E-state index in [1.807, 2.05) is 31.2 Å². The first-order chi connectivity index (χ1) is 9.56. The Balaban J connectivity index is 2.08. The molecule has 106 valence electrons. The molecule has 0 aliphatic rings. The number of carbonyl (C=O) groups excluding carboxylic acids is 1. The minimum absolute atomic E-state index is 0.178. The Morgan fingerprint density at radius 3 is 2.90 bits per heavy atom. The number of amides is 1. The van der Waals surface area contributed by atoms with Crippen LogP contribution in [-0.2, 0) is 0 Å². The molecule has 2 N–H and O–H groups in total. The maximum atomic E-state index is 12.2. The van der Waals surface area contributed by atoms with Crippen molar-refractivity contribution in [3.05, 3.63) is 41.0 Å². The van der Waals surface area contributed by atoms with Gasteiger partial charge in [-0.25, -0.2) is 4.98 Å². The molecule has 1 aromatic heterocycles. The molecule has 0 saturated carbocycles. The van der Waals surface area contributed by atoms with Gasteiger partial charge in [0, 0.05) is 12.2 Å². The van der Waals surface area contributed by atoms with Crippen molar-refractivity contribution in [2.24, 2.45) is 5.92 Å². The zero-order valence-electron chi connectivity index (χ0n) is 11.9. The largest absolute Gasteiger partial charge is 0.375 e. The number of thiazole rings is 1. The van der Waals surface area contributed by atoms with Gasteiger partial charge in [0.15, 0.2) is 5.69 Å². The van der Waals surface area contributed by atoms with E-state index in [1.165, 1.54) is 11.3 Å². The monoisotopic (exact) mass is 289 g/mol. The third-order valence-corrected chi connectivity index (χ3v) is 3.51. The predicted molar refractivity (Wildman–Crippen MR) is 84.6 cm³/mol. The van der Waals surface area contributed by atoms with E-state index in [0.717, 1.165) is 22.8 Å². The average Bonchev–Trinajstić information content (AvgIpc) is 2.84. The van der Waals surface area contributed by atoms with Gasteiger partial charge in [-0.3, -0.25) is 4.79 Å². The normalized spacial score (nSPS) is 10.6. The Labute approximate surface area is 123 Å². The van der Waals surface area contributed by atoms with Crippen molar-refractivity contribution >= 4 is 27.9 Å². The van der Waals surface area contributed by atoms with Gasteiger partial charge in [-0.2, -0.15) is 0 Å². The number of benzene rings is 1. The van der Waals surface area contributed by atoms with Crippen LogP contribution in [0.2, 0.25) is 0 Å². The van der Waals surface area contributed by atoms with Crippen molar-refractivity contribution < 1.29 is 4.79 Å². The van der Waals surface area contributed by atoms with Gasteiger partial charge in [-0.15, -0.1) is 11.3 Å². The van der Waals surface area contributed by atoms with E-state index in [9.17, 15) is 4.79 Å². The Hall–Kier alpha value is -1.88. The topological polar surface area (TPSA) is 54.0 Å². The lowest BCUT2D eigenvalue weighted by Gasteiger charge is -2.09. The molecule has 0 saturated heterocycles. The number of nitrogens with one attached hydrogen (secondary N) is 2. The number of nitrogens with zero attached hydrogens (tertiary/aromatic N) is 1. The van der Waals surface area contributed by atoms with Crippen LogP contribution in [0.4, 0.5) is 10.7 Å². The minimum atomic E-state index is -0.178. The van der Waals surface area contributed by atoms with Crippen LogP contribution in [0.5, 0.6) is 0 Å². The van der Waals surface area contributed by atoms with Crippen molar-refractivity contribution in [2.45, 2.75) is 20.8 Å². The lowest BCUT2D eigenvalue weighted by Crippen LogP contribution is -2.16. The van der Waals surface area contributed by atoms with Gasteiger partial charge in [-0.05, 0) is 30.5 Å². The molecule has 0 aliphatic carbocycles. The molecular weight excluding hydrogens is 270 g/mol. The quantitative estimate of drug-likeness (QED) is 0.881. The van der Waals surface area contributed by atoms with E-state index in [-0.39, 0.29) is 5.91 Å². The molecule has 2 aromatic rings. The zero-order chi connectivity index (χ0) is 14.5. The second kappa shape index (κ2) is 6.52. The molecule has 0 bridgehead atoms. The van der Waals surface area contributed by atoms with Crippen LogP contribution in [0.15, 0.2) is 29.8 Å². The Morgan fingerprint density at radius 2 is 2.20 bits per heavy atom. The van der Waals surface area contributed by atoms with Gasteiger partial charge >= 0.3 is 0 Å². The van der Waals surface area contributed by atoms with Gasteiger partial charge in [0.1, 0.15) is 5.00 Å². The summed E-state index contributed by atoms with van der Waals surface area (Å²) in [5.41, 5.74) is 4.04. The highest BCUT2D eigenvalue weighted by Crippen LogP contribution is 2.22. The van der Waals surface area contributed by atoms with E-state index in [2.05, 4.69) is 29.5 Å². The second-order valence-corrected chi connectivity index (χ2v) is 5.98. The maximum Gasteiger partial charge on any atom is 0.277 e. The van der Waals surface area contributed by atoms with Gasteiger partial charge in [0.05, 0.1) is 5.51 Å². The maximum absolute atomic E-state index is 12.2. The van der Waals surface area contributed by atoms with E-state index in [4.69, 9.17) is 0 Å². The van der Waals surface area contributed by atoms with Crippen LogP contribution >= 0.6 is 11.3 Å².